The van der Waals surface area contributed by atoms with E-state index in [0.717, 1.165) is 5.56 Å². The third kappa shape index (κ3) is 9.92. The third-order valence-electron chi connectivity index (χ3n) is 18.9. The van der Waals surface area contributed by atoms with Gasteiger partial charge in [-0.05, 0) is 83.6 Å². The highest BCUT2D eigenvalue weighted by Crippen LogP contribution is 2.71. The number of ether oxygens (including phenoxy) is 11. The number of pyridine rings is 1. The molecule has 1 aromatic carbocycles. The normalized spacial score (nSPS) is 45.6. The Morgan fingerprint density at radius 3 is 1.96 bits per heavy atom. The zero-order valence-corrected chi connectivity index (χ0v) is 45.1. The van der Waals surface area contributed by atoms with Crippen molar-refractivity contribution in [2.75, 3.05) is 21.3 Å². The number of rotatable bonds is 15. The predicted molar refractivity (Wildman–Crippen MR) is 271 cm³/mol. The highest BCUT2D eigenvalue weighted by atomic mass is 16.7. The summed E-state index contributed by atoms with van der Waals surface area (Å²) < 4.78 is 68.2. The molecular weight excluding hydrogens is 987 g/mol. The molecule has 5 N–H and O–H groups in total. The molecular formula is C57H79NO18. The molecule has 0 amide bonds. The van der Waals surface area contributed by atoms with Gasteiger partial charge in [0.05, 0.1) is 59.3 Å². The van der Waals surface area contributed by atoms with Gasteiger partial charge in [0.1, 0.15) is 47.3 Å². The Morgan fingerprint density at radius 1 is 0.750 bits per heavy atom. The van der Waals surface area contributed by atoms with E-state index in [9.17, 15) is 35.1 Å². The van der Waals surface area contributed by atoms with Gasteiger partial charge in [0.2, 0.25) is 0 Å². The van der Waals surface area contributed by atoms with E-state index in [1.807, 2.05) is 51.1 Å². The van der Waals surface area contributed by atoms with Gasteiger partial charge in [-0.15, -0.1) is 0 Å². The van der Waals surface area contributed by atoms with Crippen molar-refractivity contribution < 1.29 is 87.2 Å². The monoisotopic (exact) mass is 1070 g/mol. The van der Waals surface area contributed by atoms with E-state index < -0.39 is 143 Å². The Morgan fingerprint density at radius 2 is 1.36 bits per heavy atom. The smallest absolute Gasteiger partial charge is 0.340 e. The summed E-state index contributed by atoms with van der Waals surface area (Å²) in [7, 11) is 4.77. The maximum Gasteiger partial charge on any atom is 0.340 e. The molecule has 1 aromatic heterocycles. The molecule has 3 aliphatic heterocycles. The lowest BCUT2D eigenvalue weighted by Crippen LogP contribution is -2.80. The van der Waals surface area contributed by atoms with Crippen LogP contribution in [-0.4, -0.2) is 178 Å². The molecule has 0 unspecified atom stereocenters. The molecule has 3 saturated carbocycles. The SMILES string of the molecule is CO[C@H]1C[C@H](O[C@H]2CC[C@]3(C)[C@H]4C[C@@H](OC(=O)/C=C/c5ccccc5)[C@@]5(C)[C@](O)(CC[C@]5(O)[C@H](C)OC(=O)c5cccnc5)[C@]4(O)C=C[C@@]3(O)C2)O[C@H](C)[C@H]1O[C@H]1C[C@H](OC)[C@H](O[C@H]2C[C@@H](OC)[C@H](O)[C@@H](C)O2)[C@@H](C)O1. The number of aliphatic hydroxyl groups is 5. The van der Waals surface area contributed by atoms with E-state index in [0.29, 0.717) is 32.1 Å². The van der Waals surface area contributed by atoms with Gasteiger partial charge in [-0.3, -0.25) is 4.98 Å². The Hall–Kier alpha value is -3.77. The molecule has 0 bridgehead atoms. The molecule has 7 aliphatic rings. The van der Waals surface area contributed by atoms with Gasteiger partial charge < -0.3 is 77.6 Å². The second-order valence-electron chi connectivity index (χ2n) is 22.8. The lowest BCUT2D eigenvalue weighted by molar-refractivity contribution is -0.342. The predicted octanol–water partition coefficient (Wildman–Crippen LogP) is 4.72. The molecule has 19 heteroatoms. The highest BCUT2D eigenvalue weighted by molar-refractivity contribution is 5.89. The molecule has 6 fully saturated rings. The van der Waals surface area contributed by atoms with Crippen LogP contribution < -0.4 is 0 Å². The minimum atomic E-state index is -2.17. The van der Waals surface area contributed by atoms with Crippen molar-refractivity contribution in [2.45, 2.75) is 214 Å². The van der Waals surface area contributed by atoms with Gasteiger partial charge >= 0.3 is 11.9 Å². The summed E-state index contributed by atoms with van der Waals surface area (Å²) in [6.07, 6.45) is 0.593. The topological polar surface area (TPSA) is 250 Å². The van der Waals surface area contributed by atoms with Crippen molar-refractivity contribution >= 4 is 18.0 Å². The molecule has 19 nitrogen and oxygen atoms in total. The van der Waals surface area contributed by atoms with Gasteiger partial charge in [0.15, 0.2) is 18.9 Å². The summed E-state index contributed by atoms with van der Waals surface area (Å²) in [5.41, 5.74) is -9.89. The van der Waals surface area contributed by atoms with Crippen LogP contribution in [0.25, 0.3) is 6.08 Å². The second kappa shape index (κ2) is 22.0. The first-order chi connectivity index (χ1) is 36.1. The number of fused-ring (bicyclic) bond motifs is 5. The molecule has 3 saturated heterocycles. The minimum Gasteiger partial charge on any atom is -0.458 e. The second-order valence-corrected chi connectivity index (χ2v) is 22.8. The van der Waals surface area contributed by atoms with Gasteiger partial charge in [-0.25, -0.2) is 9.59 Å². The molecule has 2 aromatic rings. The quantitative estimate of drug-likeness (QED) is 0.0919. The lowest BCUT2D eigenvalue weighted by atomic mass is 9.41. The number of nitrogens with zero attached hydrogens (tertiary/aromatic N) is 1. The number of esters is 2. The average Bonchev–Trinajstić information content (AvgIpc) is 3.88. The number of hydrogen-bond acceptors (Lipinski definition) is 19. The van der Waals surface area contributed by atoms with Crippen molar-refractivity contribution in [1.29, 1.82) is 0 Å². The van der Waals surface area contributed by atoms with Crippen LogP contribution in [0.2, 0.25) is 0 Å². The van der Waals surface area contributed by atoms with Crippen LogP contribution in [0.4, 0.5) is 0 Å². The summed E-state index contributed by atoms with van der Waals surface area (Å²) in [5, 5.41) is 63.0. The number of methoxy groups -OCH3 is 3. The van der Waals surface area contributed by atoms with Crippen molar-refractivity contribution in [1.82, 2.24) is 4.98 Å². The summed E-state index contributed by atoms with van der Waals surface area (Å²) in [4.78, 5) is 31.4. The van der Waals surface area contributed by atoms with Crippen molar-refractivity contribution in [3.63, 3.8) is 0 Å². The number of aromatic nitrogens is 1. The average molecular weight is 1070 g/mol. The first-order valence-corrected chi connectivity index (χ1v) is 26.9. The Bertz CT molecular complexity index is 2400. The van der Waals surface area contributed by atoms with Gasteiger partial charge in [-0.2, -0.15) is 0 Å². The fraction of sp³-hybridized carbons (Fsp3) is 0.702. The molecule has 4 aliphatic carbocycles. The third-order valence-corrected chi connectivity index (χ3v) is 18.9. The van der Waals surface area contributed by atoms with E-state index in [-0.39, 0.29) is 31.2 Å². The molecule has 22 atom stereocenters. The molecule has 0 spiro atoms. The first kappa shape index (κ1) is 56.9. The lowest BCUT2D eigenvalue weighted by Gasteiger charge is -2.68. The zero-order valence-electron chi connectivity index (χ0n) is 45.1. The standard InChI is InChI=1S/C57H79NO18/c1-32-48(60)39(66-7)26-46(69-32)75-50-34(3)71-47(28-41(50)68-9)76-49-33(2)70-45(27-40(49)67-8)73-38-19-20-52(5)42-29-43(74-44(59)18-17-36-14-11-10-12-15-36)53(6)55(63,35(4)72-51(61)37-16-13-25-58-31-37)23-24-57(53,65)56(42,64)22-21-54(52,62)30-38/h10-18,21-22,25,31-35,38-43,45-50,60,62-65H,19-20,23-24,26-30H2,1-9H3/b18-17+/t32-,33-,34-,35+,38+,39-,40+,41+,42-,43-,45+,46+,47+,48-,49-,50-,52-,53-,54-,55+,56+,57-/m1/s1. The van der Waals surface area contributed by atoms with E-state index in [4.69, 9.17) is 52.1 Å². The Balaban J connectivity index is 0.897. The molecule has 4 heterocycles. The maximum absolute atomic E-state index is 13.9. The van der Waals surface area contributed by atoms with Crippen molar-refractivity contribution in [3.8, 4) is 0 Å². The van der Waals surface area contributed by atoms with Crippen LogP contribution in [0.15, 0.2) is 73.1 Å². The van der Waals surface area contributed by atoms with Crippen LogP contribution in [0, 0.1) is 16.7 Å². The zero-order chi connectivity index (χ0) is 54.6. The van der Waals surface area contributed by atoms with E-state index >= 15 is 0 Å². The number of carbonyl (C=O) groups excluding carboxylic acids is 2. The van der Waals surface area contributed by atoms with Gasteiger partial charge in [0.25, 0.3) is 0 Å². The van der Waals surface area contributed by atoms with Crippen LogP contribution in [0.3, 0.4) is 0 Å². The van der Waals surface area contributed by atoms with Gasteiger partial charge in [-0.1, -0.05) is 56.3 Å². The molecule has 76 heavy (non-hydrogen) atoms. The summed E-state index contributed by atoms with van der Waals surface area (Å²) in [6.45, 7) is 10.5. The van der Waals surface area contributed by atoms with E-state index in [1.54, 1.807) is 53.4 Å². The van der Waals surface area contributed by atoms with Crippen molar-refractivity contribution in [2.24, 2.45) is 16.7 Å². The van der Waals surface area contributed by atoms with E-state index in [2.05, 4.69) is 4.98 Å². The first-order valence-electron chi connectivity index (χ1n) is 26.9. The number of benzene rings is 1. The van der Waals surface area contributed by atoms with Crippen LogP contribution in [0.1, 0.15) is 115 Å². The number of carbonyl (C=O) groups is 2. The Labute approximate surface area is 445 Å². The minimum absolute atomic E-state index is 0.0725. The number of aliphatic hydroxyl groups excluding tert-OH is 1. The van der Waals surface area contributed by atoms with Crippen LogP contribution in [-0.2, 0) is 56.9 Å². The summed E-state index contributed by atoms with van der Waals surface area (Å²) >= 11 is 0. The fourth-order valence-electron chi connectivity index (χ4n) is 14.2. The van der Waals surface area contributed by atoms with Crippen LogP contribution in [0.5, 0.6) is 0 Å². The largest absolute Gasteiger partial charge is 0.458 e. The molecule has 9 rings (SSSR count). The van der Waals surface area contributed by atoms with Crippen LogP contribution >= 0.6 is 0 Å². The van der Waals surface area contributed by atoms with Gasteiger partial charge in [0, 0.05) is 76.8 Å². The molecule has 0 radical (unpaired) electrons. The molecule has 420 valence electrons. The van der Waals surface area contributed by atoms with Crippen molar-refractivity contribution in [3.05, 3.63) is 84.2 Å². The summed E-state index contributed by atoms with van der Waals surface area (Å²) in [5.74, 6) is -2.40. The maximum atomic E-state index is 13.9. The fourth-order valence-corrected chi connectivity index (χ4v) is 14.2. The Kier molecular flexibility index (Phi) is 16.5. The highest BCUT2D eigenvalue weighted by Gasteiger charge is 2.82. The summed E-state index contributed by atoms with van der Waals surface area (Å²) in [6, 6.07) is 12.3. The number of hydrogen-bond donors (Lipinski definition) is 5. The van der Waals surface area contributed by atoms with E-state index in [1.165, 1.54) is 37.5 Å².